The normalized spacial score (nSPS) is 16.8. The average Bonchev–Trinajstić information content (AvgIpc) is 2.71. The van der Waals surface area contributed by atoms with E-state index >= 15 is 0 Å². The van der Waals surface area contributed by atoms with Gasteiger partial charge in [-0.2, -0.15) is 0 Å². The third-order valence-corrected chi connectivity index (χ3v) is 3.19. The van der Waals surface area contributed by atoms with Crippen molar-refractivity contribution in [2.24, 2.45) is 7.05 Å². The maximum Gasteiger partial charge on any atom is 0.323 e. The molecule has 1 aromatic rings. The average molecular weight is 254 g/mol. The molecule has 7 nitrogen and oxygen atoms in total. The van der Waals surface area contributed by atoms with Crippen LogP contribution in [0, 0.1) is 0 Å². The highest BCUT2D eigenvalue weighted by atomic mass is 16.5. The Balaban J connectivity index is 2.14. The lowest BCUT2D eigenvalue weighted by atomic mass is 10.00. The minimum absolute atomic E-state index is 0.0836. The number of nitrogens with zero attached hydrogens (tertiary/aromatic N) is 4. The zero-order valence-electron chi connectivity index (χ0n) is 10.7. The van der Waals surface area contributed by atoms with Crippen LogP contribution in [0.15, 0.2) is 0 Å². The van der Waals surface area contributed by atoms with E-state index in [9.17, 15) is 4.79 Å². The van der Waals surface area contributed by atoms with E-state index in [1.807, 2.05) is 11.6 Å². The Hall–Kier alpha value is -1.63. The number of hydrogen-bond donors (Lipinski definition) is 1. The molecule has 1 aromatic heterocycles. The summed E-state index contributed by atoms with van der Waals surface area (Å²) < 4.78 is 7.20. The van der Waals surface area contributed by atoms with Gasteiger partial charge in [0.2, 0.25) is 5.95 Å². The minimum Gasteiger partial charge on any atom is -0.480 e. The molecule has 1 fully saturated rings. The summed E-state index contributed by atoms with van der Waals surface area (Å²) in [6, 6.07) is 0. The van der Waals surface area contributed by atoms with Crippen molar-refractivity contribution in [3.8, 4) is 0 Å². The molecular weight excluding hydrogens is 236 g/mol. The largest absolute Gasteiger partial charge is 0.480 e. The smallest absolute Gasteiger partial charge is 0.323 e. The molecule has 0 radical (unpaired) electrons. The zero-order valence-corrected chi connectivity index (χ0v) is 10.7. The van der Waals surface area contributed by atoms with Gasteiger partial charge in [0.1, 0.15) is 12.4 Å². The highest BCUT2D eigenvalue weighted by Gasteiger charge is 2.23. The van der Waals surface area contributed by atoms with Gasteiger partial charge in [-0.25, -0.2) is 0 Å². The summed E-state index contributed by atoms with van der Waals surface area (Å²) in [5, 5.41) is 17.0. The van der Waals surface area contributed by atoms with Crippen molar-refractivity contribution in [1.82, 2.24) is 14.8 Å². The van der Waals surface area contributed by atoms with Crippen molar-refractivity contribution >= 4 is 11.9 Å². The van der Waals surface area contributed by atoms with Crippen molar-refractivity contribution in [3.63, 3.8) is 0 Å². The van der Waals surface area contributed by atoms with Crippen LogP contribution in [0.2, 0.25) is 0 Å². The minimum atomic E-state index is -0.881. The number of likely N-dealkylation sites (N-methyl/N-ethyl adjacent to an activating group) is 1. The molecule has 1 N–H and O–H groups in total. The Bertz CT molecular complexity index is 426. The number of rotatable bonds is 4. The van der Waals surface area contributed by atoms with Gasteiger partial charge in [0.05, 0.1) is 0 Å². The molecule has 1 saturated heterocycles. The van der Waals surface area contributed by atoms with Gasteiger partial charge in [-0.15, -0.1) is 10.2 Å². The summed E-state index contributed by atoms with van der Waals surface area (Å²) in [5.41, 5.74) is 0. The Morgan fingerprint density at radius 3 is 2.78 bits per heavy atom. The lowest BCUT2D eigenvalue weighted by Gasteiger charge is -2.22. The zero-order chi connectivity index (χ0) is 13.1. The van der Waals surface area contributed by atoms with Gasteiger partial charge in [0.15, 0.2) is 0 Å². The molecule has 2 heterocycles. The van der Waals surface area contributed by atoms with E-state index in [4.69, 9.17) is 9.84 Å². The molecule has 0 amide bonds. The summed E-state index contributed by atoms with van der Waals surface area (Å²) in [7, 11) is 3.57. The van der Waals surface area contributed by atoms with E-state index in [0.717, 1.165) is 31.9 Å². The van der Waals surface area contributed by atoms with Gasteiger partial charge in [-0.1, -0.05) is 0 Å². The second-order valence-corrected chi connectivity index (χ2v) is 4.55. The van der Waals surface area contributed by atoms with Crippen LogP contribution in [-0.4, -0.2) is 52.6 Å². The molecule has 1 aliphatic heterocycles. The third-order valence-electron chi connectivity index (χ3n) is 3.19. The molecule has 0 saturated carbocycles. The summed E-state index contributed by atoms with van der Waals surface area (Å²) in [6.45, 7) is 1.41. The fourth-order valence-electron chi connectivity index (χ4n) is 2.25. The molecule has 0 unspecified atom stereocenters. The third kappa shape index (κ3) is 2.61. The van der Waals surface area contributed by atoms with Crippen molar-refractivity contribution in [2.75, 3.05) is 31.7 Å². The number of carboxylic acid groups (broad SMARTS) is 1. The van der Waals surface area contributed by atoms with Crippen LogP contribution < -0.4 is 4.90 Å². The van der Waals surface area contributed by atoms with E-state index in [1.54, 1.807) is 11.9 Å². The van der Waals surface area contributed by atoms with Gasteiger partial charge in [-0.05, 0) is 12.8 Å². The lowest BCUT2D eigenvalue weighted by Crippen LogP contribution is -2.28. The Morgan fingerprint density at radius 1 is 1.50 bits per heavy atom. The van der Waals surface area contributed by atoms with Gasteiger partial charge in [-0.3, -0.25) is 4.79 Å². The SMILES string of the molecule is CN(CC(=O)O)c1nnc(C2CCOCC2)n1C. The maximum absolute atomic E-state index is 10.7. The first-order valence-corrected chi connectivity index (χ1v) is 5.99. The molecule has 0 spiro atoms. The second kappa shape index (κ2) is 5.34. The van der Waals surface area contributed by atoms with Crippen molar-refractivity contribution in [3.05, 3.63) is 5.82 Å². The van der Waals surface area contributed by atoms with Crippen LogP contribution in [0.5, 0.6) is 0 Å². The van der Waals surface area contributed by atoms with E-state index in [0.29, 0.717) is 11.9 Å². The highest BCUT2D eigenvalue weighted by Crippen LogP contribution is 2.26. The molecule has 2 rings (SSSR count). The summed E-state index contributed by atoms with van der Waals surface area (Å²) >= 11 is 0. The van der Waals surface area contributed by atoms with Crippen LogP contribution >= 0.6 is 0 Å². The van der Waals surface area contributed by atoms with Crippen molar-refractivity contribution < 1.29 is 14.6 Å². The molecule has 1 aliphatic rings. The van der Waals surface area contributed by atoms with Crippen LogP contribution in [-0.2, 0) is 16.6 Å². The quantitative estimate of drug-likeness (QED) is 0.828. The van der Waals surface area contributed by atoms with Crippen molar-refractivity contribution in [2.45, 2.75) is 18.8 Å². The molecule has 18 heavy (non-hydrogen) atoms. The molecule has 7 heteroatoms. The van der Waals surface area contributed by atoms with E-state index in [1.165, 1.54) is 0 Å². The molecule has 0 atom stereocenters. The topological polar surface area (TPSA) is 80.5 Å². The second-order valence-electron chi connectivity index (χ2n) is 4.55. The van der Waals surface area contributed by atoms with Gasteiger partial charge in [0.25, 0.3) is 0 Å². The summed E-state index contributed by atoms with van der Waals surface area (Å²) in [4.78, 5) is 12.3. The Morgan fingerprint density at radius 2 is 2.17 bits per heavy atom. The number of aromatic nitrogens is 3. The monoisotopic (exact) mass is 254 g/mol. The van der Waals surface area contributed by atoms with Crippen LogP contribution in [0.4, 0.5) is 5.95 Å². The molecule has 0 aliphatic carbocycles. The number of hydrogen-bond acceptors (Lipinski definition) is 5. The first-order chi connectivity index (χ1) is 8.59. The fourth-order valence-corrected chi connectivity index (χ4v) is 2.25. The van der Waals surface area contributed by atoms with Crippen LogP contribution in [0.3, 0.4) is 0 Å². The molecule has 0 bridgehead atoms. The number of aliphatic carboxylic acids is 1. The number of anilines is 1. The van der Waals surface area contributed by atoms with Gasteiger partial charge < -0.3 is 19.3 Å². The number of carboxylic acids is 1. The van der Waals surface area contributed by atoms with Gasteiger partial charge in [0, 0.05) is 33.2 Å². The molecule has 100 valence electrons. The van der Waals surface area contributed by atoms with Gasteiger partial charge >= 0.3 is 5.97 Å². The Labute approximate surface area is 105 Å². The fraction of sp³-hybridized carbons (Fsp3) is 0.727. The molecular formula is C11H18N4O3. The number of carbonyl (C=O) groups is 1. The number of ether oxygens (including phenoxy) is 1. The summed E-state index contributed by atoms with van der Waals surface area (Å²) in [6.07, 6.45) is 1.88. The maximum atomic E-state index is 10.7. The van der Waals surface area contributed by atoms with Crippen LogP contribution in [0.25, 0.3) is 0 Å². The lowest BCUT2D eigenvalue weighted by molar-refractivity contribution is -0.135. The molecule has 0 aromatic carbocycles. The highest BCUT2D eigenvalue weighted by molar-refractivity contribution is 5.72. The predicted octanol–water partition coefficient (Wildman–Crippen LogP) is 0.230. The van der Waals surface area contributed by atoms with E-state index in [-0.39, 0.29) is 6.54 Å². The van der Waals surface area contributed by atoms with E-state index < -0.39 is 5.97 Å². The first kappa shape index (κ1) is 12.8. The standard InChI is InChI=1S/C11H18N4O3/c1-14(7-9(16)17)11-13-12-10(15(11)2)8-3-5-18-6-4-8/h8H,3-7H2,1-2H3,(H,16,17). The van der Waals surface area contributed by atoms with E-state index in [2.05, 4.69) is 10.2 Å². The first-order valence-electron chi connectivity index (χ1n) is 5.99. The Kier molecular flexibility index (Phi) is 3.81. The van der Waals surface area contributed by atoms with Crippen LogP contribution in [0.1, 0.15) is 24.6 Å². The van der Waals surface area contributed by atoms with Crippen molar-refractivity contribution in [1.29, 1.82) is 0 Å². The predicted molar refractivity (Wildman–Crippen MR) is 64.7 cm³/mol. The summed E-state index contributed by atoms with van der Waals surface area (Å²) in [5.74, 6) is 0.959.